The molecule has 1 saturated carbocycles. The highest BCUT2D eigenvalue weighted by atomic mass is 32.2. The summed E-state index contributed by atoms with van der Waals surface area (Å²) in [4.78, 5) is 4.41. The lowest BCUT2D eigenvalue weighted by Gasteiger charge is -2.26. The Hall–Kier alpha value is -2.22. The number of rotatable bonds is 2. The van der Waals surface area contributed by atoms with Crippen LogP contribution in [0.4, 0.5) is 0 Å². The zero-order chi connectivity index (χ0) is 16.3. The number of aliphatic imine (C=N–C) groups is 1. The highest BCUT2D eigenvalue weighted by Gasteiger charge is 2.93. The molecule has 2 heterocycles. The smallest absolute Gasteiger partial charge is 0.230 e. The average molecular weight is 326 g/mol. The van der Waals surface area contributed by atoms with Crippen molar-refractivity contribution < 1.29 is 9.47 Å². The molecule has 4 atom stereocenters. The number of nitriles is 2. The SMILES string of the molecule is COc1cccc([C@@H]2[C@@]3(C#N)[C@@]4(N=C(N)[C@@]23C#N)OCCS4)c1. The van der Waals surface area contributed by atoms with Crippen molar-refractivity contribution in [2.75, 3.05) is 19.5 Å². The van der Waals surface area contributed by atoms with Crippen molar-refractivity contribution in [3.63, 3.8) is 0 Å². The van der Waals surface area contributed by atoms with E-state index < -0.39 is 15.9 Å². The van der Waals surface area contributed by atoms with E-state index in [1.54, 1.807) is 7.11 Å². The fraction of sp³-hybridized carbons (Fsp3) is 0.438. The summed E-state index contributed by atoms with van der Waals surface area (Å²) in [6.45, 7) is 0.497. The normalized spacial score (nSPS) is 40.1. The van der Waals surface area contributed by atoms with Crippen LogP contribution >= 0.6 is 11.8 Å². The van der Waals surface area contributed by atoms with Gasteiger partial charge in [0.1, 0.15) is 17.0 Å². The number of methoxy groups -OCH3 is 1. The Labute approximate surface area is 137 Å². The molecule has 0 amide bonds. The zero-order valence-electron chi connectivity index (χ0n) is 12.4. The van der Waals surface area contributed by atoms with Gasteiger partial charge in [0.15, 0.2) is 5.41 Å². The molecule has 0 unspecified atom stereocenters. The largest absolute Gasteiger partial charge is 0.497 e. The fourth-order valence-corrected chi connectivity index (χ4v) is 5.36. The average Bonchev–Trinajstić information content (AvgIpc) is 2.84. The standard InChI is InChI=1S/C16H14N4O2S/c1-21-11-4-2-3-10(7-11)12-14(8-17)13(19)20-16(15(12,14)9-18)22-5-6-23-16/h2-4,7,12H,5-6H2,1H3,(H2,19,20)/t12-,14+,15+,16+/m0/s1. The van der Waals surface area contributed by atoms with Crippen LogP contribution in [0.2, 0.25) is 0 Å². The zero-order valence-corrected chi connectivity index (χ0v) is 13.3. The van der Waals surface area contributed by atoms with Gasteiger partial charge in [0, 0.05) is 11.7 Å². The fourth-order valence-electron chi connectivity index (χ4n) is 4.04. The Morgan fingerprint density at radius 1 is 1.43 bits per heavy atom. The molecule has 0 aromatic heterocycles. The first-order chi connectivity index (χ1) is 11.1. The van der Waals surface area contributed by atoms with Gasteiger partial charge in [0.05, 0.1) is 25.9 Å². The lowest BCUT2D eigenvalue weighted by molar-refractivity contribution is 0.0200. The minimum atomic E-state index is -1.13. The van der Waals surface area contributed by atoms with Gasteiger partial charge in [-0.3, -0.25) is 0 Å². The van der Waals surface area contributed by atoms with Gasteiger partial charge in [-0.1, -0.05) is 23.9 Å². The summed E-state index contributed by atoms with van der Waals surface area (Å²) >= 11 is 1.46. The van der Waals surface area contributed by atoms with E-state index in [4.69, 9.17) is 15.2 Å². The van der Waals surface area contributed by atoms with Crippen molar-refractivity contribution in [3.8, 4) is 17.9 Å². The molecule has 23 heavy (non-hydrogen) atoms. The van der Waals surface area contributed by atoms with Crippen LogP contribution in [0, 0.1) is 33.5 Å². The molecule has 1 aliphatic carbocycles. The van der Waals surface area contributed by atoms with Gasteiger partial charge < -0.3 is 15.2 Å². The van der Waals surface area contributed by atoms with Crippen LogP contribution in [0.25, 0.3) is 0 Å². The third-order valence-electron chi connectivity index (χ3n) is 5.03. The molecule has 2 aliphatic heterocycles. The van der Waals surface area contributed by atoms with Crippen LogP contribution in [-0.2, 0) is 4.74 Å². The second-order valence-corrected chi connectivity index (χ2v) is 7.08. The Balaban J connectivity index is 1.91. The van der Waals surface area contributed by atoms with E-state index in [0.29, 0.717) is 12.4 Å². The van der Waals surface area contributed by atoms with Crippen molar-refractivity contribution >= 4 is 17.6 Å². The van der Waals surface area contributed by atoms with Crippen LogP contribution in [0.3, 0.4) is 0 Å². The molecule has 4 rings (SSSR count). The maximum absolute atomic E-state index is 10.0. The van der Waals surface area contributed by atoms with E-state index in [9.17, 15) is 10.5 Å². The Morgan fingerprint density at radius 3 is 2.87 bits per heavy atom. The number of hydrogen-bond acceptors (Lipinski definition) is 7. The van der Waals surface area contributed by atoms with Gasteiger partial charge in [0.25, 0.3) is 0 Å². The monoisotopic (exact) mass is 326 g/mol. The number of hydrogen-bond donors (Lipinski definition) is 1. The molecule has 0 radical (unpaired) electrons. The third kappa shape index (κ3) is 1.36. The van der Waals surface area contributed by atoms with Crippen molar-refractivity contribution in [1.82, 2.24) is 0 Å². The van der Waals surface area contributed by atoms with E-state index >= 15 is 0 Å². The second kappa shape index (κ2) is 4.41. The lowest BCUT2D eigenvalue weighted by Crippen LogP contribution is -2.34. The van der Waals surface area contributed by atoms with E-state index in [-0.39, 0.29) is 11.8 Å². The Kier molecular flexibility index (Phi) is 2.76. The minimum absolute atomic E-state index is 0.198. The molecule has 1 aromatic carbocycles. The van der Waals surface area contributed by atoms with Crippen LogP contribution in [0.15, 0.2) is 29.3 Å². The molecule has 116 valence electrons. The van der Waals surface area contributed by atoms with Gasteiger partial charge >= 0.3 is 0 Å². The second-order valence-electron chi connectivity index (χ2n) is 5.83. The molecule has 3 aliphatic rings. The molecule has 2 fully saturated rings. The summed E-state index contributed by atoms with van der Waals surface area (Å²) < 4.78 is 11.1. The van der Waals surface area contributed by atoms with E-state index in [1.807, 2.05) is 24.3 Å². The predicted octanol–water partition coefficient (Wildman–Crippen LogP) is 1.60. The van der Waals surface area contributed by atoms with Crippen molar-refractivity contribution in [3.05, 3.63) is 29.8 Å². The summed E-state index contributed by atoms with van der Waals surface area (Å²) in [5.74, 6) is 1.23. The number of nitrogens with two attached hydrogens (primary N) is 1. The summed E-state index contributed by atoms with van der Waals surface area (Å²) in [7, 11) is 1.58. The first-order valence-corrected chi connectivity index (χ1v) is 8.20. The van der Waals surface area contributed by atoms with E-state index in [1.165, 1.54) is 11.8 Å². The number of nitrogens with zero attached hydrogens (tertiary/aromatic N) is 3. The third-order valence-corrected chi connectivity index (χ3v) is 6.33. The number of amidine groups is 1. The molecule has 1 saturated heterocycles. The van der Waals surface area contributed by atoms with Gasteiger partial charge in [-0.25, -0.2) is 4.99 Å². The molecule has 1 spiro atoms. The summed E-state index contributed by atoms with van der Waals surface area (Å²) in [6.07, 6.45) is 0. The Bertz CT molecular complexity index is 805. The predicted molar refractivity (Wildman–Crippen MR) is 84.6 cm³/mol. The molecule has 1 aromatic rings. The summed E-state index contributed by atoms with van der Waals surface area (Å²) in [5.41, 5.74) is 4.75. The summed E-state index contributed by atoms with van der Waals surface area (Å²) in [6, 6.07) is 12.0. The molecule has 2 N–H and O–H groups in total. The topological polar surface area (TPSA) is 104 Å². The molecule has 0 bridgehead atoms. The van der Waals surface area contributed by atoms with Crippen LogP contribution < -0.4 is 10.5 Å². The van der Waals surface area contributed by atoms with Crippen molar-refractivity contribution in [2.45, 2.75) is 11.0 Å². The number of benzene rings is 1. The number of thioether (sulfide) groups is 1. The first-order valence-electron chi connectivity index (χ1n) is 7.22. The van der Waals surface area contributed by atoms with E-state index in [2.05, 4.69) is 17.1 Å². The van der Waals surface area contributed by atoms with Gasteiger partial charge in [0.2, 0.25) is 5.06 Å². The van der Waals surface area contributed by atoms with Crippen LogP contribution in [-0.4, -0.2) is 30.4 Å². The van der Waals surface area contributed by atoms with Crippen molar-refractivity contribution in [2.24, 2.45) is 21.6 Å². The molecular weight excluding hydrogens is 312 g/mol. The van der Waals surface area contributed by atoms with Crippen molar-refractivity contribution in [1.29, 1.82) is 10.5 Å². The van der Waals surface area contributed by atoms with Gasteiger partial charge in [-0.05, 0) is 17.7 Å². The highest BCUT2D eigenvalue weighted by molar-refractivity contribution is 8.00. The minimum Gasteiger partial charge on any atom is -0.497 e. The first kappa shape index (κ1) is 14.4. The number of ether oxygens (including phenoxy) is 2. The quantitative estimate of drug-likeness (QED) is 0.885. The van der Waals surface area contributed by atoms with E-state index in [0.717, 1.165) is 11.3 Å². The Morgan fingerprint density at radius 2 is 2.26 bits per heavy atom. The lowest BCUT2D eigenvalue weighted by atomic mass is 9.95. The molecular formula is C16H14N4O2S. The molecule has 6 nitrogen and oxygen atoms in total. The maximum Gasteiger partial charge on any atom is 0.230 e. The van der Waals surface area contributed by atoms with Gasteiger partial charge in [-0.15, -0.1) is 0 Å². The van der Waals surface area contributed by atoms with Gasteiger partial charge in [-0.2, -0.15) is 10.5 Å². The number of fused-ring (bicyclic) bond motifs is 2. The maximum atomic E-state index is 10.0. The van der Waals surface area contributed by atoms with Crippen LogP contribution in [0.1, 0.15) is 11.5 Å². The summed E-state index contributed by atoms with van der Waals surface area (Å²) in [5, 5.41) is 18.8. The van der Waals surface area contributed by atoms with Crippen LogP contribution in [0.5, 0.6) is 5.75 Å². The highest BCUT2D eigenvalue weighted by Crippen LogP contribution is 2.84. The molecule has 7 heteroatoms.